The smallest absolute Gasteiger partial charge is 0.191 e. The van der Waals surface area contributed by atoms with Gasteiger partial charge in [-0.3, -0.25) is 4.99 Å². The van der Waals surface area contributed by atoms with E-state index in [0.29, 0.717) is 6.54 Å². The Hall–Kier alpha value is -1.61. The van der Waals surface area contributed by atoms with Gasteiger partial charge >= 0.3 is 0 Å². The second-order valence-electron chi connectivity index (χ2n) is 5.32. The number of nitrogens with one attached hydrogen (secondary N) is 2. The molecule has 142 valence electrons. The molecule has 0 saturated heterocycles. The van der Waals surface area contributed by atoms with Crippen molar-refractivity contribution in [3.63, 3.8) is 0 Å². The van der Waals surface area contributed by atoms with E-state index in [1.165, 1.54) is 10.5 Å². The van der Waals surface area contributed by atoms with E-state index >= 15 is 0 Å². The minimum Gasteiger partial charge on any atom is -0.493 e. The van der Waals surface area contributed by atoms with Gasteiger partial charge in [0.2, 0.25) is 0 Å². The summed E-state index contributed by atoms with van der Waals surface area (Å²) in [6, 6.07) is 14.4. The number of thioether (sulfide) groups is 1. The van der Waals surface area contributed by atoms with Crippen molar-refractivity contribution in [3.05, 3.63) is 53.6 Å². The molecular formula is C19H26IN3O2S. The molecule has 0 heterocycles. The summed E-state index contributed by atoms with van der Waals surface area (Å²) in [5, 5.41) is 6.63. The summed E-state index contributed by atoms with van der Waals surface area (Å²) >= 11 is 1.74. The molecule has 26 heavy (non-hydrogen) atoms. The molecule has 0 atom stereocenters. The van der Waals surface area contributed by atoms with Crippen LogP contribution in [0.2, 0.25) is 0 Å². The molecule has 2 aromatic rings. The van der Waals surface area contributed by atoms with Gasteiger partial charge in [0.25, 0.3) is 0 Å². The van der Waals surface area contributed by atoms with E-state index in [9.17, 15) is 0 Å². The van der Waals surface area contributed by atoms with Gasteiger partial charge in [0.1, 0.15) is 0 Å². The molecule has 0 saturated carbocycles. The minimum atomic E-state index is 0. The molecule has 0 spiro atoms. The van der Waals surface area contributed by atoms with Crippen molar-refractivity contribution in [3.8, 4) is 11.5 Å². The molecule has 0 fully saturated rings. The first kappa shape index (κ1) is 22.4. The Morgan fingerprint density at radius 1 is 0.923 bits per heavy atom. The third-order valence-electron chi connectivity index (χ3n) is 3.75. The molecular weight excluding hydrogens is 461 g/mol. The molecule has 0 unspecified atom stereocenters. The zero-order valence-electron chi connectivity index (χ0n) is 15.5. The number of aliphatic imine (C=N–C) groups is 1. The summed E-state index contributed by atoms with van der Waals surface area (Å²) in [5.41, 5.74) is 2.30. The number of hydrogen-bond acceptors (Lipinski definition) is 4. The number of rotatable bonds is 7. The molecule has 2 N–H and O–H groups in total. The third kappa shape index (κ3) is 6.60. The van der Waals surface area contributed by atoms with Gasteiger partial charge in [-0.15, -0.1) is 35.7 Å². The van der Waals surface area contributed by atoms with Gasteiger partial charge < -0.3 is 20.1 Å². The van der Waals surface area contributed by atoms with E-state index in [-0.39, 0.29) is 24.0 Å². The standard InChI is InChI=1S/C19H25N3O2S.HI/c1-20-19(21-12-14-5-8-16(25-4)9-6-14)22-13-15-7-10-17(23-2)18(11-15)24-3;/h5-11H,12-13H2,1-4H3,(H2,20,21,22);1H. The largest absolute Gasteiger partial charge is 0.493 e. The van der Waals surface area contributed by atoms with E-state index in [2.05, 4.69) is 46.1 Å². The van der Waals surface area contributed by atoms with Crippen molar-refractivity contribution in [2.75, 3.05) is 27.5 Å². The lowest BCUT2D eigenvalue weighted by atomic mass is 10.2. The van der Waals surface area contributed by atoms with Crippen LogP contribution >= 0.6 is 35.7 Å². The van der Waals surface area contributed by atoms with Crippen molar-refractivity contribution >= 4 is 41.7 Å². The zero-order chi connectivity index (χ0) is 18.1. The van der Waals surface area contributed by atoms with E-state index in [1.54, 1.807) is 33.0 Å². The Labute approximate surface area is 177 Å². The zero-order valence-corrected chi connectivity index (χ0v) is 18.7. The highest BCUT2D eigenvalue weighted by atomic mass is 127. The number of nitrogens with zero attached hydrogens (tertiary/aromatic N) is 1. The monoisotopic (exact) mass is 487 g/mol. The maximum absolute atomic E-state index is 5.33. The molecule has 0 bridgehead atoms. The summed E-state index contributed by atoms with van der Waals surface area (Å²) in [5.74, 6) is 2.20. The lowest BCUT2D eigenvalue weighted by Crippen LogP contribution is -2.36. The summed E-state index contributed by atoms with van der Waals surface area (Å²) in [7, 11) is 5.03. The normalized spacial score (nSPS) is 10.7. The quantitative estimate of drug-likeness (QED) is 0.269. The molecule has 0 radical (unpaired) electrons. The highest BCUT2D eigenvalue weighted by molar-refractivity contribution is 14.0. The van der Waals surface area contributed by atoms with Gasteiger partial charge in [0.05, 0.1) is 14.2 Å². The fraction of sp³-hybridized carbons (Fsp3) is 0.316. The van der Waals surface area contributed by atoms with Crippen molar-refractivity contribution in [1.82, 2.24) is 10.6 Å². The van der Waals surface area contributed by atoms with Crippen LogP contribution in [0.15, 0.2) is 52.4 Å². The predicted octanol–water partition coefficient (Wildman–Crippen LogP) is 3.91. The average molecular weight is 487 g/mol. The first-order chi connectivity index (χ1) is 12.2. The van der Waals surface area contributed by atoms with E-state index in [4.69, 9.17) is 9.47 Å². The van der Waals surface area contributed by atoms with E-state index in [1.807, 2.05) is 18.2 Å². The lowest BCUT2D eigenvalue weighted by Gasteiger charge is -2.13. The molecule has 2 aromatic carbocycles. The highest BCUT2D eigenvalue weighted by Gasteiger charge is 2.05. The summed E-state index contributed by atoms with van der Waals surface area (Å²) in [4.78, 5) is 5.53. The minimum absolute atomic E-state index is 0. The maximum atomic E-state index is 5.33. The van der Waals surface area contributed by atoms with Gasteiger partial charge in [0.15, 0.2) is 17.5 Å². The number of hydrogen-bond donors (Lipinski definition) is 2. The predicted molar refractivity (Wildman–Crippen MR) is 120 cm³/mol. The highest BCUT2D eigenvalue weighted by Crippen LogP contribution is 2.27. The topological polar surface area (TPSA) is 54.9 Å². The van der Waals surface area contributed by atoms with E-state index < -0.39 is 0 Å². The average Bonchev–Trinajstić information content (AvgIpc) is 2.68. The van der Waals surface area contributed by atoms with Crippen LogP contribution in [-0.2, 0) is 13.1 Å². The number of ether oxygens (including phenoxy) is 2. The van der Waals surface area contributed by atoms with Crippen LogP contribution in [0, 0.1) is 0 Å². The van der Waals surface area contributed by atoms with Gasteiger partial charge in [-0.25, -0.2) is 0 Å². The van der Waals surface area contributed by atoms with Crippen LogP contribution in [0.5, 0.6) is 11.5 Å². The van der Waals surface area contributed by atoms with Crippen molar-refractivity contribution in [2.24, 2.45) is 4.99 Å². The fourth-order valence-electron chi connectivity index (χ4n) is 2.33. The number of methoxy groups -OCH3 is 2. The maximum Gasteiger partial charge on any atom is 0.191 e. The molecule has 0 amide bonds. The number of guanidine groups is 1. The molecule has 0 aliphatic carbocycles. The number of halogens is 1. The Morgan fingerprint density at radius 3 is 2.04 bits per heavy atom. The van der Waals surface area contributed by atoms with Crippen LogP contribution in [0.4, 0.5) is 0 Å². The molecule has 0 aliphatic rings. The Balaban J connectivity index is 0.00000338. The number of benzene rings is 2. The van der Waals surface area contributed by atoms with Gasteiger partial charge in [-0.2, -0.15) is 0 Å². The molecule has 5 nitrogen and oxygen atoms in total. The molecule has 7 heteroatoms. The molecule has 2 rings (SSSR count). The van der Waals surface area contributed by atoms with Crippen molar-refractivity contribution in [2.45, 2.75) is 18.0 Å². The second kappa shape index (κ2) is 11.9. The lowest BCUT2D eigenvalue weighted by molar-refractivity contribution is 0.354. The first-order valence-corrected chi connectivity index (χ1v) is 9.21. The second-order valence-corrected chi connectivity index (χ2v) is 6.20. The van der Waals surface area contributed by atoms with Gasteiger partial charge in [0, 0.05) is 25.0 Å². The Morgan fingerprint density at radius 2 is 1.50 bits per heavy atom. The van der Waals surface area contributed by atoms with Crippen LogP contribution in [-0.4, -0.2) is 33.5 Å². The Kier molecular flexibility index (Phi) is 10.3. The fourth-order valence-corrected chi connectivity index (χ4v) is 2.73. The SMILES string of the molecule is CN=C(NCc1ccc(SC)cc1)NCc1ccc(OC)c(OC)c1.I. The van der Waals surface area contributed by atoms with E-state index in [0.717, 1.165) is 29.6 Å². The van der Waals surface area contributed by atoms with Crippen molar-refractivity contribution < 1.29 is 9.47 Å². The first-order valence-electron chi connectivity index (χ1n) is 7.98. The third-order valence-corrected chi connectivity index (χ3v) is 4.49. The summed E-state index contributed by atoms with van der Waals surface area (Å²) < 4.78 is 10.6. The summed E-state index contributed by atoms with van der Waals surface area (Å²) in [6.45, 7) is 1.37. The Bertz CT molecular complexity index is 708. The van der Waals surface area contributed by atoms with Crippen LogP contribution in [0.3, 0.4) is 0 Å². The molecule has 0 aromatic heterocycles. The van der Waals surface area contributed by atoms with Gasteiger partial charge in [-0.05, 0) is 41.6 Å². The van der Waals surface area contributed by atoms with Crippen LogP contribution in [0.1, 0.15) is 11.1 Å². The molecule has 0 aliphatic heterocycles. The van der Waals surface area contributed by atoms with Crippen molar-refractivity contribution in [1.29, 1.82) is 0 Å². The van der Waals surface area contributed by atoms with Crippen LogP contribution < -0.4 is 20.1 Å². The van der Waals surface area contributed by atoms with Crippen LogP contribution in [0.25, 0.3) is 0 Å². The van der Waals surface area contributed by atoms with Gasteiger partial charge in [-0.1, -0.05) is 18.2 Å². The summed E-state index contributed by atoms with van der Waals surface area (Å²) in [6.07, 6.45) is 2.08.